The van der Waals surface area contributed by atoms with Gasteiger partial charge in [0.15, 0.2) is 5.82 Å². The average Bonchev–Trinajstić information content (AvgIpc) is 3.03. The number of hydrogen-bond acceptors (Lipinski definition) is 6. The lowest BCUT2D eigenvalue weighted by Gasteiger charge is -2.25. The summed E-state index contributed by atoms with van der Waals surface area (Å²) in [5.41, 5.74) is 0.910. The standard InChI is InChI=1S/C18H28N4O3/c1-14-6-7-17(20-19-14)21-8-4-9-22(11-10-21)18(23)15(2)25-13-16-5-3-12-24-16/h6-7,15-16H,3-5,8-13H2,1-2H3/t15-,16+/m1/s1. The number of carbonyl (C=O) groups excluding carboxylic acids is 1. The molecule has 0 aromatic carbocycles. The van der Waals surface area contributed by atoms with Crippen molar-refractivity contribution in [3.05, 3.63) is 17.8 Å². The van der Waals surface area contributed by atoms with Gasteiger partial charge in [-0.1, -0.05) is 0 Å². The number of aromatic nitrogens is 2. The summed E-state index contributed by atoms with van der Waals surface area (Å²) in [6.07, 6.45) is 2.75. The molecule has 25 heavy (non-hydrogen) atoms. The normalized spacial score (nSPS) is 22.7. The Labute approximate surface area is 149 Å². The van der Waals surface area contributed by atoms with Crippen LogP contribution >= 0.6 is 0 Å². The molecule has 1 aromatic heterocycles. The number of hydrogen-bond donors (Lipinski definition) is 0. The zero-order valence-corrected chi connectivity index (χ0v) is 15.2. The highest BCUT2D eigenvalue weighted by Gasteiger charge is 2.26. The van der Waals surface area contributed by atoms with Crippen LogP contribution in [0.25, 0.3) is 0 Å². The quantitative estimate of drug-likeness (QED) is 0.801. The first-order valence-corrected chi connectivity index (χ1v) is 9.21. The molecule has 0 N–H and O–H groups in total. The topological polar surface area (TPSA) is 67.8 Å². The monoisotopic (exact) mass is 348 g/mol. The van der Waals surface area contributed by atoms with Crippen LogP contribution in [0.1, 0.15) is 31.9 Å². The van der Waals surface area contributed by atoms with Crippen molar-refractivity contribution in [2.75, 3.05) is 44.3 Å². The summed E-state index contributed by atoms with van der Waals surface area (Å²) in [4.78, 5) is 16.8. The number of nitrogens with zero attached hydrogens (tertiary/aromatic N) is 4. The van der Waals surface area contributed by atoms with Crippen LogP contribution in [0.3, 0.4) is 0 Å². The minimum atomic E-state index is -0.421. The Bertz CT molecular complexity index is 560. The molecule has 2 atom stereocenters. The summed E-state index contributed by atoms with van der Waals surface area (Å²) in [5.74, 6) is 0.942. The van der Waals surface area contributed by atoms with Crippen molar-refractivity contribution >= 4 is 11.7 Å². The number of aryl methyl sites for hydroxylation is 1. The lowest BCUT2D eigenvalue weighted by Crippen LogP contribution is -2.42. The van der Waals surface area contributed by atoms with Gasteiger partial charge in [-0.25, -0.2) is 0 Å². The number of ether oxygens (including phenoxy) is 2. The van der Waals surface area contributed by atoms with Crippen LogP contribution in [-0.2, 0) is 14.3 Å². The van der Waals surface area contributed by atoms with Crippen LogP contribution < -0.4 is 4.90 Å². The van der Waals surface area contributed by atoms with Crippen LogP contribution in [0.15, 0.2) is 12.1 Å². The third-order valence-corrected chi connectivity index (χ3v) is 4.82. The van der Waals surface area contributed by atoms with E-state index in [1.165, 1.54) is 0 Å². The molecule has 0 unspecified atom stereocenters. The first-order valence-electron chi connectivity index (χ1n) is 9.21. The van der Waals surface area contributed by atoms with Gasteiger partial charge in [0.2, 0.25) is 0 Å². The molecule has 0 aliphatic carbocycles. The molecule has 1 aromatic rings. The highest BCUT2D eigenvalue weighted by molar-refractivity contribution is 5.80. The smallest absolute Gasteiger partial charge is 0.251 e. The number of carbonyl (C=O) groups is 1. The van der Waals surface area contributed by atoms with Crippen LogP contribution in [0, 0.1) is 6.92 Å². The first-order chi connectivity index (χ1) is 12.1. The van der Waals surface area contributed by atoms with Crippen molar-refractivity contribution in [2.24, 2.45) is 0 Å². The Morgan fingerprint density at radius 2 is 2.16 bits per heavy atom. The summed E-state index contributed by atoms with van der Waals surface area (Å²) < 4.78 is 11.3. The fourth-order valence-corrected chi connectivity index (χ4v) is 3.28. The molecule has 2 aliphatic heterocycles. The minimum Gasteiger partial charge on any atom is -0.376 e. The Balaban J connectivity index is 1.49. The Kier molecular flexibility index (Phi) is 6.20. The van der Waals surface area contributed by atoms with Gasteiger partial charge in [-0.3, -0.25) is 4.79 Å². The van der Waals surface area contributed by atoms with Crippen molar-refractivity contribution in [2.45, 2.75) is 45.3 Å². The molecule has 0 radical (unpaired) electrons. The highest BCUT2D eigenvalue weighted by atomic mass is 16.5. The molecule has 2 saturated heterocycles. The summed E-state index contributed by atoms with van der Waals surface area (Å²) in [6, 6.07) is 3.96. The maximum absolute atomic E-state index is 12.7. The van der Waals surface area contributed by atoms with Crippen molar-refractivity contribution in [3.8, 4) is 0 Å². The number of amides is 1. The lowest BCUT2D eigenvalue weighted by molar-refractivity contribution is -0.144. The summed E-state index contributed by atoms with van der Waals surface area (Å²) in [6.45, 7) is 8.16. The van der Waals surface area contributed by atoms with E-state index in [1.807, 2.05) is 30.9 Å². The van der Waals surface area contributed by atoms with E-state index in [0.717, 1.165) is 57.0 Å². The molecule has 138 valence electrons. The molecule has 1 amide bonds. The molecule has 3 heterocycles. The summed E-state index contributed by atoms with van der Waals surface area (Å²) in [5, 5.41) is 8.38. The maximum atomic E-state index is 12.7. The summed E-state index contributed by atoms with van der Waals surface area (Å²) >= 11 is 0. The lowest BCUT2D eigenvalue weighted by atomic mass is 10.2. The van der Waals surface area contributed by atoms with Crippen molar-refractivity contribution in [3.63, 3.8) is 0 Å². The molecule has 2 aliphatic rings. The maximum Gasteiger partial charge on any atom is 0.251 e. The van der Waals surface area contributed by atoms with Crippen LogP contribution in [-0.4, -0.2) is 72.6 Å². The Hall–Kier alpha value is -1.73. The zero-order valence-electron chi connectivity index (χ0n) is 15.2. The van der Waals surface area contributed by atoms with Gasteiger partial charge in [0.05, 0.1) is 18.4 Å². The van der Waals surface area contributed by atoms with Gasteiger partial charge in [0, 0.05) is 32.8 Å². The first kappa shape index (κ1) is 18.1. The largest absolute Gasteiger partial charge is 0.376 e. The SMILES string of the molecule is Cc1ccc(N2CCCN(C(=O)[C@@H](C)OC[C@@H]3CCCO3)CC2)nn1. The second-order valence-corrected chi connectivity index (χ2v) is 6.81. The molecule has 0 spiro atoms. The minimum absolute atomic E-state index is 0.0647. The fraction of sp³-hybridized carbons (Fsp3) is 0.722. The number of anilines is 1. The second-order valence-electron chi connectivity index (χ2n) is 6.81. The molecule has 2 fully saturated rings. The zero-order chi connectivity index (χ0) is 17.6. The van der Waals surface area contributed by atoms with Gasteiger partial charge < -0.3 is 19.3 Å². The predicted molar refractivity (Wildman–Crippen MR) is 94.6 cm³/mol. The molecule has 7 heteroatoms. The average molecular weight is 348 g/mol. The van der Waals surface area contributed by atoms with Gasteiger partial charge in [0.25, 0.3) is 5.91 Å². The molecule has 0 saturated carbocycles. The molecule has 7 nitrogen and oxygen atoms in total. The Morgan fingerprint density at radius 1 is 1.28 bits per heavy atom. The molecule has 0 bridgehead atoms. The van der Waals surface area contributed by atoms with E-state index in [9.17, 15) is 4.79 Å². The Morgan fingerprint density at radius 3 is 2.88 bits per heavy atom. The van der Waals surface area contributed by atoms with E-state index >= 15 is 0 Å². The second kappa shape index (κ2) is 8.58. The van der Waals surface area contributed by atoms with Gasteiger partial charge in [-0.2, -0.15) is 5.10 Å². The summed E-state index contributed by atoms with van der Waals surface area (Å²) in [7, 11) is 0. The van der Waals surface area contributed by atoms with E-state index < -0.39 is 6.10 Å². The van der Waals surface area contributed by atoms with E-state index in [-0.39, 0.29) is 12.0 Å². The molecule has 3 rings (SSSR count). The van der Waals surface area contributed by atoms with E-state index in [0.29, 0.717) is 13.2 Å². The van der Waals surface area contributed by atoms with Crippen LogP contribution in [0.5, 0.6) is 0 Å². The third-order valence-electron chi connectivity index (χ3n) is 4.82. The predicted octanol–water partition coefficient (Wildman–Crippen LogP) is 1.41. The van der Waals surface area contributed by atoms with Gasteiger partial charge in [-0.05, 0) is 45.2 Å². The fourth-order valence-electron chi connectivity index (χ4n) is 3.28. The van der Waals surface area contributed by atoms with E-state index in [2.05, 4.69) is 15.1 Å². The highest BCUT2D eigenvalue weighted by Crippen LogP contribution is 2.15. The van der Waals surface area contributed by atoms with Gasteiger partial charge in [0.1, 0.15) is 6.10 Å². The third kappa shape index (κ3) is 4.89. The van der Waals surface area contributed by atoms with Crippen molar-refractivity contribution in [1.29, 1.82) is 0 Å². The van der Waals surface area contributed by atoms with Gasteiger partial charge in [-0.15, -0.1) is 5.10 Å². The number of rotatable bonds is 5. The molecular formula is C18H28N4O3. The van der Waals surface area contributed by atoms with E-state index in [4.69, 9.17) is 9.47 Å². The van der Waals surface area contributed by atoms with Crippen molar-refractivity contribution in [1.82, 2.24) is 15.1 Å². The van der Waals surface area contributed by atoms with E-state index in [1.54, 1.807) is 0 Å². The van der Waals surface area contributed by atoms with Gasteiger partial charge >= 0.3 is 0 Å². The van der Waals surface area contributed by atoms with Crippen LogP contribution in [0.2, 0.25) is 0 Å². The molecular weight excluding hydrogens is 320 g/mol. The van der Waals surface area contributed by atoms with Crippen LogP contribution in [0.4, 0.5) is 5.82 Å². The van der Waals surface area contributed by atoms with Crippen molar-refractivity contribution < 1.29 is 14.3 Å².